The van der Waals surface area contributed by atoms with E-state index in [0.29, 0.717) is 0 Å². The number of hydrogen-bond donors (Lipinski definition) is 0. The van der Waals surface area contributed by atoms with Gasteiger partial charge in [0.1, 0.15) is 0 Å². The second kappa shape index (κ2) is 5.74. The third-order valence-electron chi connectivity index (χ3n) is 6.38. The highest BCUT2D eigenvalue weighted by atomic mass is 15.0. The van der Waals surface area contributed by atoms with Gasteiger partial charge >= 0.3 is 0 Å². The second-order valence-electron chi connectivity index (χ2n) is 8.01. The van der Waals surface area contributed by atoms with Crippen LogP contribution in [0.1, 0.15) is 11.1 Å². The molecule has 4 aromatic carbocycles. The summed E-state index contributed by atoms with van der Waals surface area (Å²) >= 11 is 0. The molecule has 0 atom stereocenters. The van der Waals surface area contributed by atoms with Crippen molar-refractivity contribution in [2.45, 2.75) is 13.8 Å². The van der Waals surface area contributed by atoms with Crippen molar-refractivity contribution in [3.05, 3.63) is 90.0 Å². The van der Waals surface area contributed by atoms with Gasteiger partial charge in [0, 0.05) is 34.3 Å². The van der Waals surface area contributed by atoms with Gasteiger partial charge in [-0.1, -0.05) is 54.6 Å². The van der Waals surface area contributed by atoms with Crippen LogP contribution < -0.4 is 0 Å². The molecule has 2 heteroatoms. The summed E-state index contributed by atoms with van der Waals surface area (Å²) in [6.45, 7) is 4.48. The van der Waals surface area contributed by atoms with Gasteiger partial charge in [-0.05, 0) is 49.2 Å². The molecule has 0 saturated heterocycles. The van der Waals surface area contributed by atoms with E-state index in [9.17, 15) is 0 Å². The molecule has 2 heterocycles. The maximum absolute atomic E-state index is 2.42. The zero-order valence-corrected chi connectivity index (χ0v) is 16.9. The van der Waals surface area contributed by atoms with E-state index in [2.05, 4.69) is 109 Å². The normalized spacial score (nSPS) is 12.0. The molecule has 0 N–H and O–H groups in total. The van der Waals surface area contributed by atoms with Crippen LogP contribution in [0.4, 0.5) is 0 Å². The predicted octanol–water partition coefficient (Wildman–Crippen LogP) is 7.05. The van der Waals surface area contributed by atoms with Crippen LogP contribution >= 0.6 is 0 Å². The van der Waals surface area contributed by atoms with Gasteiger partial charge in [-0.15, -0.1) is 0 Å². The quantitative estimate of drug-likeness (QED) is 0.292. The minimum atomic E-state index is 1.20. The molecule has 0 aliphatic rings. The minimum Gasteiger partial charge on any atom is -0.343 e. The molecule has 0 unspecified atom stereocenters. The lowest BCUT2D eigenvalue weighted by Gasteiger charge is -2.11. The highest BCUT2D eigenvalue weighted by Gasteiger charge is 2.20. The topological polar surface area (TPSA) is 9.86 Å². The van der Waals surface area contributed by atoms with Crippen LogP contribution in [-0.4, -0.2) is 9.13 Å². The van der Waals surface area contributed by atoms with Crippen molar-refractivity contribution in [1.29, 1.82) is 0 Å². The third-order valence-corrected chi connectivity index (χ3v) is 6.38. The summed E-state index contributed by atoms with van der Waals surface area (Å²) in [4.78, 5) is 0. The molecule has 140 valence electrons. The number of benzene rings is 4. The Balaban J connectivity index is 1.92. The van der Waals surface area contributed by atoms with E-state index in [1.54, 1.807) is 0 Å². The summed E-state index contributed by atoms with van der Waals surface area (Å²) in [6, 6.07) is 28.5. The number of hydrogen-bond acceptors (Lipinski definition) is 0. The van der Waals surface area contributed by atoms with E-state index in [4.69, 9.17) is 0 Å². The van der Waals surface area contributed by atoms with Gasteiger partial charge in [0.15, 0.2) is 0 Å². The molecule has 0 radical (unpaired) electrons. The van der Waals surface area contributed by atoms with Gasteiger partial charge in [-0.3, -0.25) is 0 Å². The van der Waals surface area contributed by atoms with Crippen LogP contribution in [0.3, 0.4) is 0 Å². The molecule has 0 bridgehead atoms. The number of fused-ring (bicyclic) bond motifs is 6. The average molecular weight is 374 g/mol. The Morgan fingerprint density at radius 2 is 1.28 bits per heavy atom. The highest BCUT2D eigenvalue weighted by molar-refractivity contribution is 6.20. The van der Waals surface area contributed by atoms with E-state index < -0.39 is 0 Å². The summed E-state index contributed by atoms with van der Waals surface area (Å²) in [5.74, 6) is 0. The molecule has 2 aromatic heterocycles. The molecule has 6 rings (SSSR count). The summed E-state index contributed by atoms with van der Waals surface area (Å²) in [6.07, 6.45) is 0. The zero-order chi connectivity index (χ0) is 19.7. The van der Waals surface area contributed by atoms with Crippen molar-refractivity contribution in [3.8, 4) is 5.69 Å². The van der Waals surface area contributed by atoms with Crippen LogP contribution in [0, 0.1) is 13.8 Å². The minimum absolute atomic E-state index is 1.20. The Morgan fingerprint density at radius 3 is 2.10 bits per heavy atom. The van der Waals surface area contributed by atoms with Crippen molar-refractivity contribution < 1.29 is 0 Å². The van der Waals surface area contributed by atoms with E-state index in [0.717, 1.165) is 0 Å². The maximum atomic E-state index is 2.42. The summed E-state index contributed by atoms with van der Waals surface area (Å²) in [7, 11) is 2.20. The molecule has 29 heavy (non-hydrogen) atoms. The molecule has 2 nitrogen and oxygen atoms in total. The summed E-state index contributed by atoms with van der Waals surface area (Å²) in [5.41, 5.74) is 9.06. The van der Waals surface area contributed by atoms with Crippen molar-refractivity contribution >= 4 is 43.6 Å². The number of nitrogens with zero attached hydrogens (tertiary/aromatic N) is 2. The lowest BCUT2D eigenvalue weighted by atomic mass is 10.0. The fourth-order valence-corrected chi connectivity index (χ4v) is 5.22. The Kier molecular flexibility index (Phi) is 3.25. The lowest BCUT2D eigenvalue weighted by Crippen LogP contribution is -1.97. The molecule has 0 aliphatic carbocycles. The monoisotopic (exact) mass is 374 g/mol. The molecule has 0 saturated carbocycles. The van der Waals surface area contributed by atoms with E-state index in [-0.39, 0.29) is 0 Å². The first-order chi connectivity index (χ1) is 14.2. The summed E-state index contributed by atoms with van der Waals surface area (Å²) in [5, 5.41) is 5.31. The maximum Gasteiger partial charge on any atom is 0.0591 e. The average Bonchev–Trinajstić information content (AvgIpc) is 3.23. The number of para-hydroxylation sites is 3. The number of aryl methyl sites for hydroxylation is 3. The van der Waals surface area contributed by atoms with Gasteiger partial charge in [0.25, 0.3) is 0 Å². The standard InChI is InChI=1S/C27H22N2/c1-17-10-9-14-21-23-16-22-20-13-7-8-15-24(20)29(19-11-5-4-6-12-19)27(22)18(2)26(23)28(3)25(17)21/h4-16H,1-3H3. The van der Waals surface area contributed by atoms with E-state index >= 15 is 0 Å². The number of aromatic nitrogens is 2. The molecule has 0 amide bonds. The SMILES string of the molecule is Cc1cccc2c3cc4c5ccccc5n(-c5ccccc5)c4c(C)c3n(C)c12. The van der Waals surface area contributed by atoms with Gasteiger partial charge in [-0.25, -0.2) is 0 Å². The molecule has 0 aliphatic heterocycles. The van der Waals surface area contributed by atoms with Crippen LogP contribution in [0.5, 0.6) is 0 Å². The zero-order valence-electron chi connectivity index (χ0n) is 16.9. The predicted molar refractivity (Wildman–Crippen MR) is 124 cm³/mol. The smallest absolute Gasteiger partial charge is 0.0591 e. The fourth-order valence-electron chi connectivity index (χ4n) is 5.22. The molecule has 6 aromatic rings. The lowest BCUT2D eigenvalue weighted by molar-refractivity contribution is 1.00. The Labute approximate surface area is 169 Å². The van der Waals surface area contributed by atoms with Gasteiger partial charge < -0.3 is 9.13 Å². The van der Waals surface area contributed by atoms with Crippen molar-refractivity contribution in [3.63, 3.8) is 0 Å². The first-order valence-electron chi connectivity index (χ1n) is 10.1. The fraction of sp³-hybridized carbons (Fsp3) is 0.111. The molecule has 0 fully saturated rings. The third kappa shape index (κ3) is 2.06. The van der Waals surface area contributed by atoms with E-state index in [1.165, 1.54) is 60.4 Å². The first kappa shape index (κ1) is 16.4. The van der Waals surface area contributed by atoms with Gasteiger partial charge in [-0.2, -0.15) is 0 Å². The molecular formula is C27H22N2. The van der Waals surface area contributed by atoms with Crippen LogP contribution in [0.25, 0.3) is 49.3 Å². The van der Waals surface area contributed by atoms with Crippen LogP contribution in [0.15, 0.2) is 78.9 Å². The highest BCUT2D eigenvalue weighted by Crippen LogP contribution is 2.40. The van der Waals surface area contributed by atoms with Crippen molar-refractivity contribution in [1.82, 2.24) is 9.13 Å². The largest absolute Gasteiger partial charge is 0.343 e. The van der Waals surface area contributed by atoms with Crippen LogP contribution in [0.2, 0.25) is 0 Å². The van der Waals surface area contributed by atoms with Gasteiger partial charge in [0.2, 0.25) is 0 Å². The van der Waals surface area contributed by atoms with E-state index in [1.807, 2.05) is 0 Å². The molecular weight excluding hydrogens is 352 g/mol. The number of rotatable bonds is 1. The van der Waals surface area contributed by atoms with Crippen LogP contribution in [-0.2, 0) is 7.05 Å². The van der Waals surface area contributed by atoms with Gasteiger partial charge in [0.05, 0.1) is 22.1 Å². The molecule has 0 spiro atoms. The second-order valence-corrected chi connectivity index (χ2v) is 8.01. The van der Waals surface area contributed by atoms with Crippen molar-refractivity contribution in [2.24, 2.45) is 7.05 Å². The Morgan fingerprint density at radius 1 is 0.586 bits per heavy atom. The Bertz CT molecular complexity index is 1560. The van der Waals surface area contributed by atoms with Crippen molar-refractivity contribution in [2.75, 3.05) is 0 Å². The summed E-state index contributed by atoms with van der Waals surface area (Å²) < 4.78 is 4.80. The first-order valence-corrected chi connectivity index (χ1v) is 10.1. The Hall–Kier alpha value is -3.52.